The number of halogens is 3. The molecule has 5 heteroatoms. The Hall–Kier alpha value is -1.49. The SMILES string of the molecule is Cc1oc(C)c(C(=O)c2c(F)ccc(Br)c2F)c1C. The second kappa shape index (κ2) is 4.89. The van der Waals surface area contributed by atoms with E-state index in [9.17, 15) is 13.6 Å². The third kappa shape index (κ3) is 2.23. The highest BCUT2D eigenvalue weighted by molar-refractivity contribution is 9.10. The van der Waals surface area contributed by atoms with Crippen LogP contribution in [0, 0.1) is 32.4 Å². The molecule has 0 atom stereocenters. The smallest absolute Gasteiger partial charge is 0.202 e. The van der Waals surface area contributed by atoms with Crippen LogP contribution in [0.1, 0.15) is 33.0 Å². The van der Waals surface area contributed by atoms with E-state index in [-0.39, 0.29) is 10.0 Å². The van der Waals surface area contributed by atoms with Gasteiger partial charge in [0.05, 0.1) is 15.6 Å². The molecule has 0 aliphatic carbocycles. The fourth-order valence-electron chi connectivity index (χ4n) is 1.99. The van der Waals surface area contributed by atoms with Gasteiger partial charge in [0, 0.05) is 5.56 Å². The zero-order valence-corrected chi connectivity index (χ0v) is 12.2. The van der Waals surface area contributed by atoms with Crippen LogP contribution in [0.4, 0.5) is 8.78 Å². The Balaban J connectivity index is 2.66. The molecule has 2 rings (SSSR count). The molecule has 2 nitrogen and oxygen atoms in total. The lowest BCUT2D eigenvalue weighted by Crippen LogP contribution is -2.09. The molecule has 19 heavy (non-hydrogen) atoms. The maximum absolute atomic E-state index is 13.9. The minimum atomic E-state index is -0.900. The molecule has 1 aromatic carbocycles. The van der Waals surface area contributed by atoms with Crippen LogP contribution in [0.2, 0.25) is 0 Å². The normalized spacial score (nSPS) is 10.8. The average Bonchev–Trinajstić information content (AvgIpc) is 2.58. The summed E-state index contributed by atoms with van der Waals surface area (Å²) >= 11 is 2.95. The number of carbonyl (C=O) groups is 1. The Morgan fingerprint density at radius 1 is 1.11 bits per heavy atom. The van der Waals surface area contributed by atoms with Gasteiger partial charge in [0.1, 0.15) is 17.3 Å². The van der Waals surface area contributed by atoms with Crippen LogP contribution >= 0.6 is 15.9 Å². The van der Waals surface area contributed by atoms with Crippen LogP contribution in [0.25, 0.3) is 0 Å². The maximum Gasteiger partial charge on any atom is 0.202 e. The summed E-state index contributed by atoms with van der Waals surface area (Å²) in [5, 5.41) is 0. The van der Waals surface area contributed by atoms with Crippen molar-refractivity contribution < 1.29 is 18.0 Å². The van der Waals surface area contributed by atoms with E-state index in [1.165, 1.54) is 6.07 Å². The van der Waals surface area contributed by atoms with Gasteiger partial charge in [-0.15, -0.1) is 0 Å². The van der Waals surface area contributed by atoms with Crippen molar-refractivity contribution in [3.63, 3.8) is 0 Å². The number of hydrogen-bond acceptors (Lipinski definition) is 2. The van der Waals surface area contributed by atoms with Crippen LogP contribution in [-0.2, 0) is 0 Å². The highest BCUT2D eigenvalue weighted by Crippen LogP contribution is 2.28. The molecule has 0 unspecified atom stereocenters. The predicted molar refractivity (Wildman–Crippen MR) is 70.4 cm³/mol. The lowest BCUT2D eigenvalue weighted by molar-refractivity contribution is 0.102. The number of ketones is 1. The van der Waals surface area contributed by atoms with Crippen LogP contribution < -0.4 is 0 Å². The van der Waals surface area contributed by atoms with Crippen molar-refractivity contribution >= 4 is 21.7 Å². The molecule has 0 N–H and O–H groups in total. The van der Waals surface area contributed by atoms with Gasteiger partial charge in [-0.1, -0.05) is 0 Å². The van der Waals surface area contributed by atoms with E-state index >= 15 is 0 Å². The molecular weight excluding hydrogens is 318 g/mol. The number of hydrogen-bond donors (Lipinski definition) is 0. The van der Waals surface area contributed by atoms with E-state index in [1.54, 1.807) is 20.8 Å². The number of rotatable bonds is 2. The van der Waals surface area contributed by atoms with Crippen LogP contribution in [0.15, 0.2) is 21.0 Å². The van der Waals surface area contributed by atoms with Crippen molar-refractivity contribution in [3.05, 3.63) is 56.5 Å². The molecule has 2 aromatic rings. The van der Waals surface area contributed by atoms with Gasteiger partial charge in [-0.05, 0) is 48.8 Å². The first-order valence-electron chi connectivity index (χ1n) is 5.59. The highest BCUT2D eigenvalue weighted by Gasteiger charge is 2.26. The third-order valence-corrected chi connectivity index (χ3v) is 3.67. The number of carbonyl (C=O) groups excluding carboxylic acids is 1. The molecule has 0 saturated heterocycles. The molecule has 0 aliphatic heterocycles. The van der Waals surface area contributed by atoms with E-state index in [0.717, 1.165) is 6.07 Å². The van der Waals surface area contributed by atoms with Gasteiger partial charge in [-0.2, -0.15) is 0 Å². The zero-order valence-electron chi connectivity index (χ0n) is 10.6. The number of aryl methyl sites for hydroxylation is 2. The quantitative estimate of drug-likeness (QED) is 0.601. The minimum Gasteiger partial charge on any atom is -0.466 e. The van der Waals surface area contributed by atoms with Gasteiger partial charge in [0.15, 0.2) is 5.82 Å². The van der Waals surface area contributed by atoms with Crippen LogP contribution in [0.3, 0.4) is 0 Å². The lowest BCUT2D eigenvalue weighted by Gasteiger charge is -2.06. The monoisotopic (exact) mass is 328 g/mol. The molecule has 1 heterocycles. The summed E-state index contributed by atoms with van der Waals surface area (Å²) in [6.07, 6.45) is 0. The molecule has 0 aliphatic rings. The van der Waals surface area contributed by atoms with Crippen molar-refractivity contribution in [2.75, 3.05) is 0 Å². The summed E-state index contributed by atoms with van der Waals surface area (Å²) in [5.41, 5.74) is 0.246. The van der Waals surface area contributed by atoms with Crippen LogP contribution in [0.5, 0.6) is 0 Å². The van der Waals surface area contributed by atoms with E-state index in [2.05, 4.69) is 15.9 Å². The standard InChI is InChI=1S/C14H11BrF2O2/c1-6-7(2)19-8(3)11(6)14(18)12-10(16)5-4-9(15)13(12)17/h4-5H,1-3H3. The van der Waals surface area contributed by atoms with Gasteiger partial charge in [0.2, 0.25) is 5.78 Å². The van der Waals surface area contributed by atoms with Crippen molar-refractivity contribution in [2.24, 2.45) is 0 Å². The van der Waals surface area contributed by atoms with Gasteiger partial charge < -0.3 is 4.42 Å². The van der Waals surface area contributed by atoms with E-state index in [4.69, 9.17) is 4.42 Å². The Morgan fingerprint density at radius 3 is 2.26 bits per heavy atom. The van der Waals surface area contributed by atoms with Gasteiger partial charge in [-0.3, -0.25) is 4.79 Å². The molecule has 0 radical (unpaired) electrons. The summed E-state index contributed by atoms with van der Waals surface area (Å²) in [4.78, 5) is 12.3. The molecule has 0 bridgehead atoms. The first kappa shape index (κ1) is 13.9. The van der Waals surface area contributed by atoms with Crippen molar-refractivity contribution in [1.82, 2.24) is 0 Å². The van der Waals surface area contributed by atoms with Gasteiger partial charge in [-0.25, -0.2) is 8.78 Å². The molecule has 0 amide bonds. The van der Waals surface area contributed by atoms with Gasteiger partial charge in [0.25, 0.3) is 0 Å². The zero-order chi connectivity index (χ0) is 14.3. The molecule has 100 valence electrons. The molecule has 1 aromatic heterocycles. The fourth-order valence-corrected chi connectivity index (χ4v) is 2.32. The second-order valence-corrected chi connectivity index (χ2v) is 5.12. The predicted octanol–water partition coefficient (Wildman–Crippen LogP) is 4.48. The topological polar surface area (TPSA) is 30.2 Å². The first-order chi connectivity index (χ1) is 8.84. The highest BCUT2D eigenvalue weighted by atomic mass is 79.9. The Morgan fingerprint density at radius 2 is 1.74 bits per heavy atom. The second-order valence-electron chi connectivity index (χ2n) is 4.26. The summed E-state index contributed by atoms with van der Waals surface area (Å²) in [5.74, 6) is -1.57. The molecule has 0 spiro atoms. The maximum atomic E-state index is 13.9. The summed E-state index contributed by atoms with van der Waals surface area (Å²) in [6, 6.07) is 2.28. The Bertz CT molecular complexity index is 675. The molecule has 0 saturated carbocycles. The lowest BCUT2D eigenvalue weighted by atomic mass is 9.99. The molecule has 0 fully saturated rings. The van der Waals surface area contributed by atoms with E-state index < -0.39 is 23.0 Å². The number of benzene rings is 1. The largest absolute Gasteiger partial charge is 0.466 e. The third-order valence-electron chi connectivity index (χ3n) is 3.06. The van der Waals surface area contributed by atoms with E-state index in [0.29, 0.717) is 17.1 Å². The number of furan rings is 1. The summed E-state index contributed by atoms with van der Waals surface area (Å²) in [7, 11) is 0. The summed E-state index contributed by atoms with van der Waals surface area (Å²) in [6.45, 7) is 4.99. The van der Waals surface area contributed by atoms with Gasteiger partial charge >= 0.3 is 0 Å². The minimum absolute atomic E-state index is 0.0489. The Labute approximate surface area is 117 Å². The van der Waals surface area contributed by atoms with Crippen molar-refractivity contribution in [3.8, 4) is 0 Å². The fraction of sp³-hybridized carbons (Fsp3) is 0.214. The van der Waals surface area contributed by atoms with E-state index in [1.807, 2.05) is 0 Å². The van der Waals surface area contributed by atoms with Crippen molar-refractivity contribution in [2.45, 2.75) is 20.8 Å². The summed E-state index contributed by atoms with van der Waals surface area (Å²) < 4.78 is 33.0. The first-order valence-corrected chi connectivity index (χ1v) is 6.38. The average molecular weight is 329 g/mol. The van der Waals surface area contributed by atoms with Crippen LogP contribution in [-0.4, -0.2) is 5.78 Å². The molecular formula is C14H11BrF2O2. The Kier molecular flexibility index (Phi) is 3.58. The van der Waals surface area contributed by atoms with Crippen molar-refractivity contribution in [1.29, 1.82) is 0 Å².